The minimum atomic E-state index is -0.224. The first-order valence-electron chi connectivity index (χ1n) is 8.45. The Morgan fingerprint density at radius 2 is 2.41 bits per heavy atom. The maximum Gasteiger partial charge on any atom is 0.263 e. The van der Waals surface area contributed by atoms with E-state index in [9.17, 15) is 4.79 Å². The van der Waals surface area contributed by atoms with E-state index in [0.29, 0.717) is 37.1 Å². The molecule has 1 aliphatic rings. The molecule has 0 bridgehead atoms. The molecule has 0 aromatic carbocycles. The number of amides is 1. The van der Waals surface area contributed by atoms with Gasteiger partial charge in [-0.25, -0.2) is 0 Å². The molecule has 2 aromatic heterocycles. The van der Waals surface area contributed by atoms with E-state index in [-0.39, 0.29) is 18.6 Å². The fourth-order valence-corrected chi connectivity index (χ4v) is 3.34. The molecule has 7 nitrogen and oxygen atoms in total. The molecule has 0 spiro atoms. The topological polar surface area (TPSA) is 73.2 Å². The summed E-state index contributed by atoms with van der Waals surface area (Å²) in [7, 11) is 0. The first kappa shape index (κ1) is 19.6. The second-order valence-corrected chi connectivity index (χ2v) is 7.29. The second-order valence-electron chi connectivity index (χ2n) is 5.91. The van der Waals surface area contributed by atoms with Crippen molar-refractivity contribution in [3.8, 4) is 5.75 Å². The second kappa shape index (κ2) is 9.68. The molecule has 0 saturated carbocycles. The van der Waals surface area contributed by atoms with Crippen LogP contribution in [0.2, 0.25) is 5.02 Å². The van der Waals surface area contributed by atoms with Gasteiger partial charge in [0.1, 0.15) is 18.5 Å². The lowest BCUT2D eigenvalue weighted by atomic mass is 10.3. The number of rotatable bonds is 7. The zero-order valence-corrected chi connectivity index (χ0v) is 16.4. The summed E-state index contributed by atoms with van der Waals surface area (Å²) in [4.78, 5) is 24.2. The number of hydrogen-bond acceptors (Lipinski definition) is 7. The highest BCUT2D eigenvalue weighted by Gasteiger charge is 2.25. The Labute approximate surface area is 166 Å². The Hall–Kier alpha value is -2.16. The van der Waals surface area contributed by atoms with Crippen molar-refractivity contribution < 1.29 is 19.1 Å². The summed E-state index contributed by atoms with van der Waals surface area (Å²) >= 11 is 7.46. The van der Waals surface area contributed by atoms with Gasteiger partial charge in [0.25, 0.3) is 5.91 Å². The van der Waals surface area contributed by atoms with Crippen LogP contribution < -0.4 is 4.74 Å². The molecule has 1 unspecified atom stereocenters. The van der Waals surface area contributed by atoms with Gasteiger partial charge in [0, 0.05) is 18.8 Å². The Morgan fingerprint density at radius 3 is 3.19 bits per heavy atom. The van der Waals surface area contributed by atoms with Crippen molar-refractivity contribution >= 4 is 34.6 Å². The Morgan fingerprint density at radius 1 is 1.52 bits per heavy atom. The molecule has 0 radical (unpaired) electrons. The van der Waals surface area contributed by atoms with Gasteiger partial charge in [-0.15, -0.1) is 11.3 Å². The monoisotopic (exact) mass is 409 g/mol. The maximum absolute atomic E-state index is 12.3. The van der Waals surface area contributed by atoms with Crippen molar-refractivity contribution in [1.82, 2.24) is 9.88 Å². The predicted molar refractivity (Wildman–Crippen MR) is 104 cm³/mol. The molecule has 1 aliphatic heterocycles. The highest BCUT2D eigenvalue weighted by atomic mass is 35.5. The Kier molecular flexibility index (Phi) is 7.03. The van der Waals surface area contributed by atoms with E-state index >= 15 is 0 Å². The van der Waals surface area contributed by atoms with Gasteiger partial charge >= 0.3 is 0 Å². The molecule has 0 aliphatic carbocycles. The number of morpholine rings is 1. The van der Waals surface area contributed by atoms with Crippen LogP contribution in [0.5, 0.6) is 5.75 Å². The van der Waals surface area contributed by atoms with Gasteiger partial charge in [0.15, 0.2) is 6.61 Å². The number of ether oxygens (including phenoxy) is 2. The number of oxime groups is 1. The summed E-state index contributed by atoms with van der Waals surface area (Å²) in [5.41, 5.74) is 0.751. The summed E-state index contributed by atoms with van der Waals surface area (Å²) in [5, 5.41) is 6.48. The smallest absolute Gasteiger partial charge is 0.263 e. The number of thiophene rings is 1. The summed E-state index contributed by atoms with van der Waals surface area (Å²) in [5.74, 6) is 0.437. The van der Waals surface area contributed by atoms with Crippen molar-refractivity contribution in [2.75, 3.05) is 32.9 Å². The number of carbonyl (C=O) groups excluding carboxylic acids is 1. The summed E-state index contributed by atoms with van der Waals surface area (Å²) in [6, 6.07) is 5.58. The molecule has 144 valence electrons. The number of halogens is 1. The van der Waals surface area contributed by atoms with Crippen LogP contribution in [0.25, 0.3) is 0 Å². The first-order chi connectivity index (χ1) is 13.1. The normalized spacial score (nSPS) is 17.6. The lowest BCUT2D eigenvalue weighted by molar-refractivity contribution is -0.144. The standard InChI is InChI=1S/C18H20ClN3O4S/c1-13(17-3-2-6-27-17)21-26-12-18(23)22-4-5-24-16(10-22)11-25-15-7-14(19)8-20-9-15/h2-3,6-9,16H,4-5,10-12H2,1H3. The zero-order chi connectivity index (χ0) is 19.1. The van der Waals surface area contributed by atoms with Gasteiger partial charge in [-0.3, -0.25) is 9.78 Å². The van der Waals surface area contributed by atoms with E-state index in [1.54, 1.807) is 28.5 Å². The minimum Gasteiger partial charge on any atom is -0.489 e. The fraction of sp³-hybridized carbons (Fsp3) is 0.389. The van der Waals surface area contributed by atoms with Crippen LogP contribution in [0.4, 0.5) is 0 Å². The van der Waals surface area contributed by atoms with E-state index in [2.05, 4.69) is 10.1 Å². The van der Waals surface area contributed by atoms with Crippen molar-refractivity contribution in [1.29, 1.82) is 0 Å². The largest absolute Gasteiger partial charge is 0.489 e. The highest BCUT2D eigenvalue weighted by molar-refractivity contribution is 7.12. The molecular weight excluding hydrogens is 390 g/mol. The average Bonchev–Trinajstić information content (AvgIpc) is 3.21. The van der Waals surface area contributed by atoms with Crippen LogP contribution >= 0.6 is 22.9 Å². The molecular formula is C18H20ClN3O4S. The van der Waals surface area contributed by atoms with Crippen LogP contribution in [0.3, 0.4) is 0 Å². The van der Waals surface area contributed by atoms with Crippen LogP contribution in [0.1, 0.15) is 11.8 Å². The van der Waals surface area contributed by atoms with E-state index in [4.69, 9.17) is 25.9 Å². The van der Waals surface area contributed by atoms with Gasteiger partial charge in [0.05, 0.1) is 35.0 Å². The fourth-order valence-electron chi connectivity index (χ4n) is 2.51. The van der Waals surface area contributed by atoms with Gasteiger partial charge in [-0.2, -0.15) is 0 Å². The lowest BCUT2D eigenvalue weighted by Crippen LogP contribution is -2.48. The molecule has 0 N–H and O–H groups in total. The number of aromatic nitrogens is 1. The van der Waals surface area contributed by atoms with E-state index in [1.165, 1.54) is 6.20 Å². The van der Waals surface area contributed by atoms with E-state index in [1.807, 2.05) is 24.4 Å². The number of nitrogens with zero attached hydrogens (tertiary/aromatic N) is 3. The van der Waals surface area contributed by atoms with Crippen LogP contribution in [0.15, 0.2) is 41.1 Å². The predicted octanol–water partition coefficient (Wildman–Crippen LogP) is 2.84. The molecule has 1 saturated heterocycles. The molecule has 2 aromatic rings. The van der Waals surface area contributed by atoms with Crippen LogP contribution in [0, 0.1) is 0 Å². The van der Waals surface area contributed by atoms with Crippen molar-refractivity contribution in [2.24, 2.45) is 5.16 Å². The lowest BCUT2D eigenvalue weighted by Gasteiger charge is -2.32. The van der Waals surface area contributed by atoms with E-state index in [0.717, 1.165) is 10.6 Å². The molecule has 9 heteroatoms. The van der Waals surface area contributed by atoms with Gasteiger partial charge < -0.3 is 19.2 Å². The molecule has 3 rings (SSSR count). The zero-order valence-electron chi connectivity index (χ0n) is 14.8. The quantitative estimate of drug-likeness (QED) is 0.519. The van der Waals surface area contributed by atoms with E-state index < -0.39 is 0 Å². The van der Waals surface area contributed by atoms with Crippen molar-refractivity contribution in [3.63, 3.8) is 0 Å². The third kappa shape index (κ3) is 5.92. The van der Waals surface area contributed by atoms with Gasteiger partial charge in [-0.05, 0) is 18.4 Å². The SMILES string of the molecule is CC(=NOCC(=O)N1CCOC(COc2cncc(Cl)c2)C1)c1cccs1. The Bertz CT molecular complexity index is 785. The van der Waals surface area contributed by atoms with Gasteiger partial charge in [-0.1, -0.05) is 22.8 Å². The molecule has 1 amide bonds. The van der Waals surface area contributed by atoms with Gasteiger partial charge in [0.2, 0.25) is 0 Å². The summed E-state index contributed by atoms with van der Waals surface area (Å²) in [6.07, 6.45) is 2.89. The van der Waals surface area contributed by atoms with Crippen molar-refractivity contribution in [2.45, 2.75) is 13.0 Å². The molecule has 1 fully saturated rings. The molecule has 1 atom stereocenters. The van der Waals surface area contributed by atoms with Crippen LogP contribution in [-0.2, 0) is 14.4 Å². The minimum absolute atomic E-state index is 0.103. The summed E-state index contributed by atoms with van der Waals surface area (Å²) < 4.78 is 11.3. The summed E-state index contributed by atoms with van der Waals surface area (Å²) in [6.45, 7) is 3.46. The number of hydrogen-bond donors (Lipinski definition) is 0. The van der Waals surface area contributed by atoms with Crippen LogP contribution in [-0.4, -0.2) is 60.5 Å². The Balaban J connectivity index is 1.44. The maximum atomic E-state index is 12.3. The molecule has 27 heavy (non-hydrogen) atoms. The molecule has 3 heterocycles. The van der Waals surface area contributed by atoms with Crippen molar-refractivity contribution in [3.05, 3.63) is 45.9 Å². The first-order valence-corrected chi connectivity index (χ1v) is 9.71. The number of carbonyl (C=O) groups is 1. The average molecular weight is 410 g/mol. The third-order valence-corrected chi connectivity index (χ3v) is 5.06. The third-order valence-electron chi connectivity index (χ3n) is 3.87. The number of pyridine rings is 1. The highest BCUT2D eigenvalue weighted by Crippen LogP contribution is 2.16.